The number of ether oxygens (including phenoxy) is 2. The summed E-state index contributed by atoms with van der Waals surface area (Å²) in [7, 11) is -2.51. The van der Waals surface area contributed by atoms with Gasteiger partial charge in [0.2, 0.25) is 22.8 Å². The Hall–Kier alpha value is -3.36. The number of hydrogen-bond acceptors (Lipinski definition) is 7. The lowest BCUT2D eigenvalue weighted by molar-refractivity contribution is -0.144. The third-order valence-electron chi connectivity index (χ3n) is 10.1. The van der Waals surface area contributed by atoms with Crippen LogP contribution >= 0.6 is 0 Å². The second-order valence-corrected chi connectivity index (χ2v) is 18.5. The first-order chi connectivity index (χ1) is 19.9. The van der Waals surface area contributed by atoms with Crippen LogP contribution in [0.15, 0.2) is 66.4 Å². The lowest BCUT2D eigenvalue weighted by atomic mass is 9.55. The Balaban J connectivity index is 1.52. The monoisotopic (exact) mass is 586 g/mol. The summed E-state index contributed by atoms with van der Waals surface area (Å²) in [6, 6.07) is 15.4. The SMILES string of the molecule is CC(C)[Si](OC1=C[C@@H](C)[C@H]2C(=O)[C@]34O[C@]3(C(=O)c3ccccc3C4=O)C(=O)[C@H]2[C@H]1Oc1ccccc1)(C(C)C)C(C)C. The zero-order valence-corrected chi connectivity index (χ0v) is 26.2. The molecule has 4 aliphatic rings. The smallest absolute Gasteiger partial charge is 0.258 e. The summed E-state index contributed by atoms with van der Waals surface area (Å²) in [5.74, 6) is -3.74. The summed E-state index contributed by atoms with van der Waals surface area (Å²) in [5.41, 5.74) is -3.30. The van der Waals surface area contributed by atoms with Crippen LogP contribution in [0, 0.1) is 17.8 Å². The highest BCUT2D eigenvalue weighted by Crippen LogP contribution is 2.64. The van der Waals surface area contributed by atoms with E-state index in [4.69, 9.17) is 13.9 Å². The molecule has 8 heteroatoms. The Kier molecular flexibility index (Phi) is 6.55. The minimum absolute atomic E-state index is 0.109. The Bertz CT molecular complexity index is 1500. The molecule has 3 aliphatic carbocycles. The number of para-hydroxylation sites is 1. The van der Waals surface area contributed by atoms with Gasteiger partial charge in [0.15, 0.2) is 17.7 Å². The molecular weight excluding hydrogens is 548 g/mol. The fourth-order valence-corrected chi connectivity index (χ4v) is 13.6. The molecule has 220 valence electrons. The number of fused-ring (bicyclic) bond motifs is 2. The number of allylic oxidation sites excluding steroid dienone is 1. The molecule has 1 saturated carbocycles. The van der Waals surface area contributed by atoms with Gasteiger partial charge in [0.1, 0.15) is 11.5 Å². The van der Waals surface area contributed by atoms with Crippen LogP contribution in [0.3, 0.4) is 0 Å². The summed E-state index contributed by atoms with van der Waals surface area (Å²) >= 11 is 0. The number of carbonyl (C=O) groups excluding carboxylic acids is 4. The largest absolute Gasteiger partial charge is 0.543 e. The highest BCUT2D eigenvalue weighted by atomic mass is 28.4. The van der Waals surface area contributed by atoms with Crippen molar-refractivity contribution in [3.63, 3.8) is 0 Å². The van der Waals surface area contributed by atoms with Gasteiger partial charge in [-0.3, -0.25) is 19.2 Å². The van der Waals surface area contributed by atoms with E-state index >= 15 is 0 Å². The molecule has 0 amide bonds. The predicted molar refractivity (Wildman–Crippen MR) is 159 cm³/mol. The molecule has 2 fully saturated rings. The van der Waals surface area contributed by atoms with Gasteiger partial charge in [0.05, 0.1) is 5.92 Å². The van der Waals surface area contributed by atoms with Crippen molar-refractivity contribution in [1.82, 2.24) is 0 Å². The number of hydrogen-bond donors (Lipinski definition) is 0. The van der Waals surface area contributed by atoms with Gasteiger partial charge in [-0.25, -0.2) is 0 Å². The van der Waals surface area contributed by atoms with Crippen molar-refractivity contribution in [2.24, 2.45) is 17.8 Å². The first kappa shape index (κ1) is 28.7. The normalized spacial score (nSPS) is 31.8. The van der Waals surface area contributed by atoms with Gasteiger partial charge in [-0.15, -0.1) is 0 Å². The molecule has 6 rings (SSSR count). The van der Waals surface area contributed by atoms with Crippen molar-refractivity contribution in [1.29, 1.82) is 0 Å². The molecule has 0 radical (unpaired) electrons. The van der Waals surface area contributed by atoms with Crippen molar-refractivity contribution in [2.45, 2.75) is 82.4 Å². The number of ketones is 4. The summed E-state index contributed by atoms with van der Waals surface area (Å²) in [6.45, 7) is 14.9. The van der Waals surface area contributed by atoms with Crippen LogP contribution in [0.4, 0.5) is 0 Å². The molecule has 0 aromatic heterocycles. The van der Waals surface area contributed by atoms with E-state index in [0.717, 1.165) is 0 Å². The molecule has 1 saturated heterocycles. The molecule has 0 N–H and O–H groups in total. The number of Topliss-reactive ketones (excluding diaryl/α,β-unsaturated/α-hetero) is 4. The van der Waals surface area contributed by atoms with Gasteiger partial charge in [0, 0.05) is 17.0 Å². The summed E-state index contributed by atoms with van der Waals surface area (Å²) in [5, 5.41) is 0. The summed E-state index contributed by atoms with van der Waals surface area (Å²) < 4.78 is 19.6. The Morgan fingerprint density at radius 3 is 1.69 bits per heavy atom. The zero-order valence-electron chi connectivity index (χ0n) is 25.2. The van der Waals surface area contributed by atoms with E-state index in [9.17, 15) is 19.2 Å². The third kappa shape index (κ3) is 3.48. The topological polar surface area (TPSA) is 99.3 Å². The lowest BCUT2D eigenvalue weighted by Gasteiger charge is -2.48. The van der Waals surface area contributed by atoms with Crippen molar-refractivity contribution in [3.05, 3.63) is 77.6 Å². The van der Waals surface area contributed by atoms with Crippen molar-refractivity contribution in [3.8, 4) is 5.75 Å². The van der Waals surface area contributed by atoms with E-state index in [2.05, 4.69) is 41.5 Å². The van der Waals surface area contributed by atoms with E-state index in [-0.39, 0.29) is 27.8 Å². The molecule has 0 unspecified atom stereocenters. The number of rotatable bonds is 7. The Morgan fingerprint density at radius 1 is 0.714 bits per heavy atom. The molecule has 6 atom stereocenters. The van der Waals surface area contributed by atoms with Crippen molar-refractivity contribution < 1.29 is 33.1 Å². The van der Waals surface area contributed by atoms with Gasteiger partial charge in [-0.1, -0.05) is 90.9 Å². The molecule has 2 aromatic carbocycles. The van der Waals surface area contributed by atoms with Crippen molar-refractivity contribution >= 4 is 31.5 Å². The molecular formula is C34H38O7Si. The first-order valence-corrected chi connectivity index (χ1v) is 17.1. The second kappa shape index (κ2) is 9.57. The van der Waals surface area contributed by atoms with Crippen LogP contribution in [0.5, 0.6) is 5.75 Å². The van der Waals surface area contributed by atoms with E-state index in [1.54, 1.807) is 24.3 Å². The Morgan fingerprint density at radius 2 is 1.19 bits per heavy atom. The van der Waals surface area contributed by atoms with E-state index in [1.165, 1.54) is 12.1 Å². The molecule has 1 heterocycles. The van der Waals surface area contributed by atoms with Gasteiger partial charge < -0.3 is 13.9 Å². The number of benzene rings is 2. The van der Waals surface area contributed by atoms with Crippen LogP contribution in [-0.4, -0.2) is 48.8 Å². The molecule has 1 aliphatic heterocycles. The summed E-state index contributed by atoms with van der Waals surface area (Å²) in [4.78, 5) is 56.9. The second-order valence-electron chi connectivity index (χ2n) is 13.1. The minimum atomic E-state index is -2.51. The van der Waals surface area contributed by atoms with E-state index in [1.807, 2.05) is 31.2 Å². The van der Waals surface area contributed by atoms with Crippen LogP contribution < -0.4 is 4.74 Å². The summed E-state index contributed by atoms with van der Waals surface area (Å²) in [6.07, 6.45) is 0.939. The van der Waals surface area contributed by atoms with Gasteiger partial charge in [-0.2, -0.15) is 0 Å². The van der Waals surface area contributed by atoms with E-state index in [0.29, 0.717) is 11.5 Å². The van der Waals surface area contributed by atoms with Gasteiger partial charge in [0.25, 0.3) is 8.32 Å². The fraction of sp³-hybridized carbons (Fsp3) is 0.471. The molecule has 0 spiro atoms. The van der Waals surface area contributed by atoms with Crippen molar-refractivity contribution in [2.75, 3.05) is 0 Å². The highest BCUT2D eigenvalue weighted by Gasteiger charge is 2.92. The van der Waals surface area contributed by atoms with Gasteiger partial charge in [-0.05, 0) is 40.8 Å². The van der Waals surface area contributed by atoms with Gasteiger partial charge >= 0.3 is 0 Å². The van der Waals surface area contributed by atoms with Crippen LogP contribution in [0.2, 0.25) is 16.6 Å². The first-order valence-electron chi connectivity index (χ1n) is 15.0. The number of epoxide rings is 1. The van der Waals surface area contributed by atoms with Crippen LogP contribution in [-0.2, 0) is 18.8 Å². The highest BCUT2D eigenvalue weighted by molar-refractivity contribution is 6.77. The average molecular weight is 587 g/mol. The van der Waals surface area contributed by atoms with Crippen LogP contribution in [0.25, 0.3) is 0 Å². The quantitative estimate of drug-likeness (QED) is 0.219. The molecule has 0 bridgehead atoms. The average Bonchev–Trinajstić information content (AvgIpc) is 3.69. The maximum Gasteiger partial charge on any atom is 0.258 e. The molecule has 2 aromatic rings. The predicted octanol–water partition coefficient (Wildman–Crippen LogP) is 6.13. The van der Waals surface area contributed by atoms with E-state index < -0.39 is 66.5 Å². The molecule has 42 heavy (non-hydrogen) atoms. The molecule has 7 nitrogen and oxygen atoms in total. The van der Waals surface area contributed by atoms with Crippen LogP contribution in [0.1, 0.15) is 69.2 Å². The minimum Gasteiger partial charge on any atom is -0.543 e. The zero-order chi connectivity index (χ0) is 30.4. The number of carbonyl (C=O) groups is 4. The standard InChI is InChI=1S/C34H38O7Si/c1-18(2)42(19(3)4,20(5)6)40-25-17-21(7)26-27(28(25)39-22-13-9-8-10-14-22)32(38)34-30(36)24-16-12-11-15-23(24)29(35)33(34,41-34)31(26)37/h8-21,26-28H,1-7H3/t21-,26-,27-,28+,33+,34-/m1/s1. The fourth-order valence-electron chi connectivity index (χ4n) is 8.29. The maximum absolute atomic E-state index is 14.7. The third-order valence-corrected chi connectivity index (χ3v) is 16.1. The Labute approximate surface area is 247 Å². The maximum atomic E-state index is 14.7. The lowest BCUT2D eigenvalue weighted by Crippen LogP contribution is -2.66.